The molecular formula is C9H16IO. The molecule has 0 saturated heterocycles. The molecule has 2 atom stereocenters. The fourth-order valence-electron chi connectivity index (χ4n) is 1.11. The lowest BCUT2D eigenvalue weighted by molar-refractivity contribution is 0.222. The lowest BCUT2D eigenvalue weighted by Gasteiger charge is -2.08. The Bertz CT molecular complexity index is 130. The molecule has 0 amide bonds. The van der Waals surface area contributed by atoms with Crippen molar-refractivity contribution in [1.82, 2.24) is 0 Å². The van der Waals surface area contributed by atoms with Crippen LogP contribution in [0.15, 0.2) is 11.6 Å². The Balaban J connectivity index is 3.75. The molecule has 0 fully saturated rings. The molecular weight excluding hydrogens is 251 g/mol. The van der Waals surface area contributed by atoms with Crippen LogP contribution in [0.2, 0.25) is 0 Å². The van der Waals surface area contributed by atoms with E-state index in [-0.39, 0.29) is 6.61 Å². The summed E-state index contributed by atoms with van der Waals surface area (Å²) < 4.78 is 0.693. The van der Waals surface area contributed by atoms with Gasteiger partial charge in [0.1, 0.15) is 6.61 Å². The second kappa shape index (κ2) is 6.00. The van der Waals surface area contributed by atoms with Gasteiger partial charge in [-0.05, 0) is 24.8 Å². The maximum absolute atomic E-state index is 10.4. The normalized spacial score (nSPS) is 18.1. The summed E-state index contributed by atoms with van der Waals surface area (Å²) in [5, 5.41) is 10.4. The number of hydrogen-bond acceptors (Lipinski definition) is 0. The minimum Gasteiger partial charge on any atom is -0.232 e. The van der Waals surface area contributed by atoms with Crippen LogP contribution >= 0.6 is 22.6 Å². The second-order valence-electron chi connectivity index (χ2n) is 3.15. The van der Waals surface area contributed by atoms with E-state index in [1.165, 1.54) is 0 Å². The summed E-state index contributed by atoms with van der Waals surface area (Å²) in [6, 6.07) is 0. The van der Waals surface area contributed by atoms with Crippen molar-refractivity contribution < 1.29 is 5.11 Å². The Labute approximate surface area is 83.0 Å². The van der Waals surface area contributed by atoms with Gasteiger partial charge in [-0.1, -0.05) is 42.5 Å². The molecule has 0 spiro atoms. The van der Waals surface area contributed by atoms with Gasteiger partial charge in [-0.25, -0.2) is 5.11 Å². The molecule has 2 heteroatoms. The molecule has 1 nitrogen and oxygen atoms in total. The molecule has 1 radical (unpaired) electrons. The first-order valence-corrected chi connectivity index (χ1v) is 5.20. The Kier molecular flexibility index (Phi) is 6.24. The first kappa shape index (κ1) is 11.4. The summed E-state index contributed by atoms with van der Waals surface area (Å²) in [6.45, 7) is 6.20. The monoisotopic (exact) mass is 267 g/mol. The van der Waals surface area contributed by atoms with Crippen molar-refractivity contribution in [3.05, 3.63) is 11.6 Å². The lowest BCUT2D eigenvalue weighted by atomic mass is 10.0. The Morgan fingerprint density at radius 3 is 2.45 bits per heavy atom. The fourth-order valence-corrected chi connectivity index (χ4v) is 1.92. The van der Waals surface area contributed by atoms with Crippen molar-refractivity contribution in [3.63, 3.8) is 0 Å². The maximum atomic E-state index is 10.4. The van der Waals surface area contributed by atoms with Crippen molar-refractivity contribution in [2.24, 2.45) is 5.92 Å². The summed E-state index contributed by atoms with van der Waals surface area (Å²) in [5.41, 5.74) is 0.967. The van der Waals surface area contributed by atoms with Gasteiger partial charge in [-0.15, -0.1) is 0 Å². The molecule has 0 bridgehead atoms. The molecule has 0 aromatic heterocycles. The van der Waals surface area contributed by atoms with Gasteiger partial charge >= 0.3 is 0 Å². The van der Waals surface area contributed by atoms with Crippen LogP contribution in [0, 0.1) is 5.92 Å². The average molecular weight is 267 g/mol. The molecule has 2 unspecified atom stereocenters. The van der Waals surface area contributed by atoms with Crippen molar-refractivity contribution in [1.29, 1.82) is 0 Å². The van der Waals surface area contributed by atoms with Crippen LogP contribution < -0.4 is 0 Å². The summed E-state index contributed by atoms with van der Waals surface area (Å²) in [7, 11) is 0. The quantitative estimate of drug-likeness (QED) is 0.423. The van der Waals surface area contributed by atoms with Crippen molar-refractivity contribution in [2.45, 2.75) is 31.1 Å². The van der Waals surface area contributed by atoms with Crippen LogP contribution in [0.5, 0.6) is 0 Å². The zero-order valence-corrected chi connectivity index (χ0v) is 9.59. The highest BCUT2D eigenvalue weighted by atomic mass is 127. The van der Waals surface area contributed by atoms with Crippen LogP contribution in [0.4, 0.5) is 0 Å². The SMILES string of the molecule is CC(=CC(C)CC(C)I)C[O]. The summed E-state index contributed by atoms with van der Waals surface area (Å²) in [5.74, 6) is 0.552. The van der Waals surface area contributed by atoms with E-state index >= 15 is 0 Å². The molecule has 0 aliphatic rings. The van der Waals surface area contributed by atoms with Gasteiger partial charge in [0.2, 0.25) is 0 Å². The third-order valence-corrected chi connectivity index (χ3v) is 2.00. The maximum Gasteiger partial charge on any atom is 0.103 e. The molecule has 0 rings (SSSR count). The van der Waals surface area contributed by atoms with Crippen LogP contribution in [-0.2, 0) is 5.11 Å². The molecule has 11 heavy (non-hydrogen) atoms. The Morgan fingerprint density at radius 1 is 1.55 bits per heavy atom. The van der Waals surface area contributed by atoms with E-state index in [0.717, 1.165) is 12.0 Å². The molecule has 65 valence electrons. The predicted octanol–water partition coefficient (Wildman–Crippen LogP) is 3.21. The first-order chi connectivity index (χ1) is 5.06. The van der Waals surface area contributed by atoms with Gasteiger partial charge in [0.05, 0.1) is 0 Å². The van der Waals surface area contributed by atoms with E-state index in [0.29, 0.717) is 9.84 Å². The number of alkyl halides is 1. The van der Waals surface area contributed by atoms with Gasteiger partial charge in [0.25, 0.3) is 0 Å². The highest BCUT2D eigenvalue weighted by molar-refractivity contribution is 14.1. The van der Waals surface area contributed by atoms with Crippen LogP contribution in [-0.4, -0.2) is 10.5 Å². The van der Waals surface area contributed by atoms with E-state index < -0.39 is 0 Å². The minimum absolute atomic E-state index is 0.0556. The van der Waals surface area contributed by atoms with E-state index in [4.69, 9.17) is 0 Å². The summed E-state index contributed by atoms with van der Waals surface area (Å²) in [6.07, 6.45) is 3.25. The van der Waals surface area contributed by atoms with E-state index in [9.17, 15) is 5.11 Å². The molecule has 0 aromatic rings. The minimum atomic E-state index is -0.0556. The zero-order chi connectivity index (χ0) is 8.85. The topological polar surface area (TPSA) is 19.9 Å². The van der Waals surface area contributed by atoms with Crippen LogP contribution in [0.25, 0.3) is 0 Å². The lowest BCUT2D eigenvalue weighted by Crippen LogP contribution is -1.99. The molecule has 0 aromatic carbocycles. The standard InChI is InChI=1S/C9H16IO/c1-7(5-9(3)10)4-8(2)6-11/h4,7,9H,5-6H2,1-3H3. The molecule has 0 heterocycles. The van der Waals surface area contributed by atoms with E-state index in [1.54, 1.807) is 0 Å². The van der Waals surface area contributed by atoms with Gasteiger partial charge < -0.3 is 0 Å². The predicted molar refractivity (Wildman–Crippen MR) is 56.6 cm³/mol. The van der Waals surface area contributed by atoms with Gasteiger partial charge in [0, 0.05) is 3.92 Å². The van der Waals surface area contributed by atoms with E-state index in [2.05, 4.69) is 42.5 Å². The van der Waals surface area contributed by atoms with Gasteiger partial charge in [0.15, 0.2) is 0 Å². The number of allylic oxidation sites excluding steroid dienone is 1. The van der Waals surface area contributed by atoms with Gasteiger partial charge in [-0.2, -0.15) is 0 Å². The highest BCUT2D eigenvalue weighted by Crippen LogP contribution is 2.15. The molecule has 0 aliphatic carbocycles. The van der Waals surface area contributed by atoms with Crippen LogP contribution in [0.3, 0.4) is 0 Å². The highest BCUT2D eigenvalue weighted by Gasteiger charge is 2.02. The average Bonchev–Trinajstić information content (AvgIpc) is 1.85. The molecule has 0 N–H and O–H groups in total. The van der Waals surface area contributed by atoms with Crippen molar-refractivity contribution in [3.8, 4) is 0 Å². The summed E-state index contributed by atoms with van der Waals surface area (Å²) >= 11 is 2.41. The van der Waals surface area contributed by atoms with Crippen molar-refractivity contribution in [2.75, 3.05) is 6.61 Å². The second-order valence-corrected chi connectivity index (χ2v) is 5.28. The Morgan fingerprint density at radius 2 is 2.09 bits per heavy atom. The fraction of sp³-hybridized carbons (Fsp3) is 0.778. The number of rotatable bonds is 4. The largest absolute Gasteiger partial charge is 0.232 e. The Hall–Kier alpha value is 0.430. The number of halogens is 1. The van der Waals surface area contributed by atoms with E-state index in [1.807, 2.05) is 6.92 Å². The zero-order valence-electron chi connectivity index (χ0n) is 7.43. The van der Waals surface area contributed by atoms with Crippen molar-refractivity contribution >= 4 is 22.6 Å². The third-order valence-electron chi connectivity index (χ3n) is 1.49. The third kappa shape index (κ3) is 6.81. The smallest absolute Gasteiger partial charge is 0.103 e. The van der Waals surface area contributed by atoms with Crippen LogP contribution in [0.1, 0.15) is 27.2 Å². The van der Waals surface area contributed by atoms with Gasteiger partial charge in [-0.3, -0.25) is 0 Å². The molecule has 0 aliphatic heterocycles. The molecule has 0 saturated carbocycles. The first-order valence-electron chi connectivity index (χ1n) is 3.95. The summed E-state index contributed by atoms with van der Waals surface area (Å²) in [4.78, 5) is 0. The number of hydrogen-bond donors (Lipinski definition) is 0.